The van der Waals surface area contributed by atoms with Crippen LogP contribution in [0.15, 0.2) is 4.90 Å². The summed E-state index contributed by atoms with van der Waals surface area (Å²) in [7, 11) is 1.18. The maximum Gasteiger partial charge on any atom is 0.270 e. The zero-order valence-electron chi connectivity index (χ0n) is 7.95. The fourth-order valence-electron chi connectivity index (χ4n) is 1.22. The van der Waals surface area contributed by atoms with Crippen molar-refractivity contribution in [3.63, 3.8) is 0 Å². The number of aryl methyl sites for hydroxylation is 1. The van der Waals surface area contributed by atoms with Gasteiger partial charge in [-0.3, -0.25) is 9.89 Å². The fraction of sp³-hybridized carbons (Fsp3) is 0.429. The van der Waals surface area contributed by atoms with E-state index >= 15 is 0 Å². The van der Waals surface area contributed by atoms with Gasteiger partial charge in [0.2, 0.25) is 0 Å². The summed E-state index contributed by atoms with van der Waals surface area (Å²) in [6, 6.07) is 0. The minimum absolute atomic E-state index is 0.307. The number of nitrogens with zero attached hydrogens (tertiary/aromatic N) is 1. The molecule has 84 valence electrons. The maximum atomic E-state index is 11.2. The average molecular weight is 252 g/mol. The Balaban J connectivity index is 3.40. The standard InChI is InChI=1S/C7H10ClN3O3S/c1-2-3-4-6(15(8,13)14)5(7(9)12)11-10-4/h2-3H2,1H3,(H2,9,12)(H,10,11). The van der Waals surface area contributed by atoms with Crippen LogP contribution in [0.25, 0.3) is 0 Å². The molecule has 6 nitrogen and oxygen atoms in total. The van der Waals surface area contributed by atoms with Crippen molar-refractivity contribution in [2.24, 2.45) is 5.73 Å². The Morgan fingerprint density at radius 1 is 1.60 bits per heavy atom. The summed E-state index contributed by atoms with van der Waals surface area (Å²) in [5, 5.41) is 5.99. The second kappa shape index (κ2) is 4.19. The number of carbonyl (C=O) groups excluding carboxylic acids is 1. The van der Waals surface area contributed by atoms with E-state index in [1.165, 1.54) is 0 Å². The second-order valence-electron chi connectivity index (χ2n) is 2.93. The number of primary amides is 1. The first-order valence-corrected chi connectivity index (χ1v) is 6.50. The first kappa shape index (κ1) is 12.0. The van der Waals surface area contributed by atoms with E-state index in [2.05, 4.69) is 10.2 Å². The van der Waals surface area contributed by atoms with Crippen molar-refractivity contribution in [3.8, 4) is 0 Å². The molecule has 3 N–H and O–H groups in total. The highest BCUT2D eigenvalue weighted by atomic mass is 35.7. The molecule has 1 rings (SSSR count). The number of nitrogens with one attached hydrogen (secondary N) is 1. The van der Waals surface area contributed by atoms with Crippen LogP contribution in [0.2, 0.25) is 0 Å². The van der Waals surface area contributed by atoms with Crippen molar-refractivity contribution in [1.29, 1.82) is 0 Å². The van der Waals surface area contributed by atoms with Gasteiger partial charge >= 0.3 is 0 Å². The molecule has 0 spiro atoms. The summed E-state index contributed by atoms with van der Waals surface area (Å²) < 4.78 is 22.4. The minimum Gasteiger partial charge on any atom is -0.364 e. The Bertz CT molecular complexity index is 480. The largest absolute Gasteiger partial charge is 0.364 e. The van der Waals surface area contributed by atoms with Crippen LogP contribution < -0.4 is 5.73 Å². The van der Waals surface area contributed by atoms with Gasteiger partial charge < -0.3 is 5.73 Å². The van der Waals surface area contributed by atoms with Gasteiger partial charge in [0.05, 0.1) is 5.69 Å². The molecule has 0 aliphatic heterocycles. The number of aromatic amines is 1. The molecule has 0 aromatic carbocycles. The first-order valence-electron chi connectivity index (χ1n) is 4.19. The molecule has 0 aliphatic carbocycles. The SMILES string of the molecule is CCCc1[nH]nc(C(N)=O)c1S(=O)(=O)Cl. The van der Waals surface area contributed by atoms with Crippen LogP contribution in [0.1, 0.15) is 29.5 Å². The molecule has 0 saturated heterocycles. The van der Waals surface area contributed by atoms with E-state index in [-0.39, 0.29) is 10.6 Å². The van der Waals surface area contributed by atoms with E-state index < -0.39 is 15.0 Å². The monoisotopic (exact) mass is 251 g/mol. The predicted molar refractivity (Wildman–Crippen MR) is 54.1 cm³/mol. The third-order valence-electron chi connectivity index (χ3n) is 1.77. The number of amides is 1. The van der Waals surface area contributed by atoms with Gasteiger partial charge in [-0.25, -0.2) is 8.42 Å². The number of hydrogen-bond donors (Lipinski definition) is 2. The zero-order chi connectivity index (χ0) is 11.6. The number of rotatable bonds is 4. The Morgan fingerprint density at radius 3 is 2.60 bits per heavy atom. The van der Waals surface area contributed by atoms with E-state index in [9.17, 15) is 13.2 Å². The minimum atomic E-state index is -4.01. The molecule has 0 radical (unpaired) electrons. The number of halogens is 1. The Hall–Kier alpha value is -1.08. The molecular formula is C7H10ClN3O3S. The van der Waals surface area contributed by atoms with Crippen molar-refractivity contribution < 1.29 is 13.2 Å². The summed E-state index contributed by atoms with van der Waals surface area (Å²) in [6.45, 7) is 1.86. The van der Waals surface area contributed by atoms with Crippen molar-refractivity contribution in [1.82, 2.24) is 10.2 Å². The molecule has 8 heteroatoms. The summed E-state index contributed by atoms with van der Waals surface area (Å²) >= 11 is 0. The third kappa shape index (κ3) is 2.48. The molecule has 1 amide bonds. The van der Waals surface area contributed by atoms with Gasteiger partial charge in [-0.05, 0) is 6.42 Å². The van der Waals surface area contributed by atoms with Gasteiger partial charge in [0.25, 0.3) is 15.0 Å². The second-order valence-corrected chi connectivity index (χ2v) is 5.43. The zero-order valence-corrected chi connectivity index (χ0v) is 9.52. The summed E-state index contributed by atoms with van der Waals surface area (Å²) in [4.78, 5) is 10.6. The first-order chi connectivity index (χ1) is 6.88. The molecule has 15 heavy (non-hydrogen) atoms. The molecule has 0 fully saturated rings. The fourth-order valence-corrected chi connectivity index (χ4v) is 2.53. The Kier molecular flexibility index (Phi) is 3.35. The van der Waals surface area contributed by atoms with Gasteiger partial charge in [-0.15, -0.1) is 0 Å². The van der Waals surface area contributed by atoms with Crippen LogP contribution in [0.5, 0.6) is 0 Å². The molecule has 1 aromatic rings. The lowest BCUT2D eigenvalue weighted by molar-refractivity contribution is 0.0992. The highest BCUT2D eigenvalue weighted by molar-refractivity contribution is 8.13. The smallest absolute Gasteiger partial charge is 0.270 e. The van der Waals surface area contributed by atoms with Gasteiger partial charge in [-0.1, -0.05) is 13.3 Å². The normalized spacial score (nSPS) is 11.6. The van der Waals surface area contributed by atoms with Crippen LogP contribution in [0.3, 0.4) is 0 Å². The highest BCUT2D eigenvalue weighted by Gasteiger charge is 2.26. The summed E-state index contributed by atoms with van der Waals surface area (Å²) in [6.07, 6.45) is 1.13. The number of H-pyrrole nitrogens is 1. The number of hydrogen-bond acceptors (Lipinski definition) is 4. The lowest BCUT2D eigenvalue weighted by atomic mass is 10.2. The molecule has 0 unspecified atom stereocenters. The quantitative estimate of drug-likeness (QED) is 0.755. The van der Waals surface area contributed by atoms with Crippen LogP contribution in [-0.2, 0) is 15.5 Å². The van der Waals surface area contributed by atoms with Crippen LogP contribution in [0, 0.1) is 0 Å². The molecule has 1 heterocycles. The van der Waals surface area contributed by atoms with Crippen molar-refractivity contribution >= 4 is 25.6 Å². The van der Waals surface area contributed by atoms with E-state index in [1.807, 2.05) is 6.92 Å². The Morgan fingerprint density at radius 2 is 2.20 bits per heavy atom. The van der Waals surface area contributed by atoms with Crippen molar-refractivity contribution in [2.75, 3.05) is 0 Å². The number of nitrogens with two attached hydrogens (primary N) is 1. The van der Waals surface area contributed by atoms with E-state index in [0.29, 0.717) is 18.5 Å². The van der Waals surface area contributed by atoms with Gasteiger partial charge in [-0.2, -0.15) is 5.10 Å². The van der Waals surface area contributed by atoms with Crippen molar-refractivity contribution in [2.45, 2.75) is 24.7 Å². The van der Waals surface area contributed by atoms with E-state index in [4.69, 9.17) is 16.4 Å². The van der Waals surface area contributed by atoms with E-state index in [0.717, 1.165) is 0 Å². The number of aromatic nitrogens is 2. The average Bonchev–Trinajstić information content (AvgIpc) is 2.47. The van der Waals surface area contributed by atoms with Gasteiger partial charge in [0.1, 0.15) is 4.90 Å². The van der Waals surface area contributed by atoms with E-state index in [1.54, 1.807) is 0 Å². The third-order valence-corrected chi connectivity index (χ3v) is 3.16. The van der Waals surface area contributed by atoms with Crippen molar-refractivity contribution in [3.05, 3.63) is 11.4 Å². The molecule has 0 aliphatic rings. The predicted octanol–water partition coefficient (Wildman–Crippen LogP) is 0.389. The lowest BCUT2D eigenvalue weighted by Gasteiger charge is -1.98. The summed E-state index contributed by atoms with van der Waals surface area (Å²) in [5.41, 5.74) is 4.94. The lowest BCUT2D eigenvalue weighted by Crippen LogP contribution is -2.15. The van der Waals surface area contributed by atoms with Crippen LogP contribution in [-0.4, -0.2) is 24.5 Å². The highest BCUT2D eigenvalue weighted by Crippen LogP contribution is 2.23. The maximum absolute atomic E-state index is 11.2. The molecule has 0 bridgehead atoms. The summed E-state index contributed by atoms with van der Waals surface area (Å²) in [5.74, 6) is -0.923. The molecule has 0 saturated carbocycles. The Labute approximate surface area is 91.2 Å². The van der Waals surface area contributed by atoms with Gasteiger partial charge in [0, 0.05) is 10.7 Å². The van der Waals surface area contributed by atoms with Gasteiger partial charge in [0.15, 0.2) is 5.69 Å². The molecular weight excluding hydrogens is 242 g/mol. The molecule has 0 atom stereocenters. The number of carbonyl (C=O) groups is 1. The van der Waals surface area contributed by atoms with Crippen LogP contribution in [0.4, 0.5) is 0 Å². The topological polar surface area (TPSA) is 106 Å². The molecule has 1 aromatic heterocycles. The van der Waals surface area contributed by atoms with Crippen LogP contribution >= 0.6 is 10.7 Å².